The van der Waals surface area contributed by atoms with Crippen LogP contribution in [0.15, 0.2) is 109 Å². The number of benzene rings is 4. The molecular weight excluding hydrogens is 386 g/mol. The van der Waals surface area contributed by atoms with Crippen molar-refractivity contribution in [2.24, 2.45) is 0 Å². The summed E-state index contributed by atoms with van der Waals surface area (Å²) in [5, 5.41) is 3.27. The Hall–Kier alpha value is -3.42. The van der Waals surface area contributed by atoms with Gasteiger partial charge in [-0.25, -0.2) is 0 Å². The lowest BCUT2D eigenvalue weighted by Gasteiger charge is -2.34. The highest BCUT2D eigenvalue weighted by atomic mass is 35.5. The molecule has 0 saturated heterocycles. The number of fused-ring (bicyclic) bond motifs is 5. The van der Waals surface area contributed by atoms with Gasteiger partial charge in [0, 0.05) is 23.0 Å². The summed E-state index contributed by atoms with van der Waals surface area (Å²) in [6.07, 6.45) is 3.76. The summed E-state index contributed by atoms with van der Waals surface area (Å²) in [6.45, 7) is 0. The molecule has 0 bridgehead atoms. The summed E-state index contributed by atoms with van der Waals surface area (Å²) in [7, 11) is 0. The molecule has 142 valence electrons. The van der Waals surface area contributed by atoms with E-state index in [9.17, 15) is 0 Å². The molecule has 0 N–H and O–H groups in total. The Labute approximate surface area is 180 Å². The number of hydrogen-bond acceptors (Lipinski definition) is 1. The molecule has 0 radical (unpaired) electrons. The molecule has 1 atom stereocenters. The summed E-state index contributed by atoms with van der Waals surface area (Å²) >= 11 is 6.84. The van der Waals surface area contributed by atoms with Crippen molar-refractivity contribution in [3.63, 3.8) is 0 Å². The summed E-state index contributed by atoms with van der Waals surface area (Å²) in [5.74, 6) is 0. The monoisotopic (exact) mass is 403 g/mol. The number of nitrogens with zero attached hydrogens (tertiary/aromatic N) is 1. The van der Waals surface area contributed by atoms with Gasteiger partial charge in [-0.3, -0.25) is 4.98 Å². The van der Waals surface area contributed by atoms with Gasteiger partial charge in [-0.15, -0.1) is 0 Å². The van der Waals surface area contributed by atoms with Crippen LogP contribution in [0.4, 0.5) is 0 Å². The average Bonchev–Trinajstić information content (AvgIpc) is 3.13. The molecule has 1 unspecified atom stereocenters. The molecule has 1 heterocycles. The minimum absolute atomic E-state index is 0.458. The fourth-order valence-electron chi connectivity index (χ4n) is 5.19. The van der Waals surface area contributed by atoms with Crippen LogP contribution in [0.1, 0.15) is 22.3 Å². The van der Waals surface area contributed by atoms with Crippen molar-refractivity contribution in [2.75, 3.05) is 0 Å². The van der Waals surface area contributed by atoms with E-state index in [1.54, 1.807) is 0 Å². The first-order chi connectivity index (χ1) is 14.8. The molecule has 4 aromatic carbocycles. The zero-order valence-electron chi connectivity index (χ0n) is 16.2. The summed E-state index contributed by atoms with van der Waals surface area (Å²) in [6, 6.07) is 34.4. The van der Waals surface area contributed by atoms with Gasteiger partial charge in [0.15, 0.2) is 0 Å². The predicted octanol–water partition coefficient (Wildman–Crippen LogP) is 7.25. The Kier molecular flexibility index (Phi) is 3.81. The molecule has 5 aromatic rings. The van der Waals surface area contributed by atoms with Crippen LogP contribution in [0.2, 0.25) is 5.02 Å². The molecule has 0 fully saturated rings. The Morgan fingerprint density at radius 1 is 0.633 bits per heavy atom. The second-order valence-corrected chi connectivity index (χ2v) is 8.13. The first kappa shape index (κ1) is 17.4. The lowest BCUT2D eigenvalue weighted by Crippen LogP contribution is -2.28. The molecule has 0 amide bonds. The molecule has 0 spiro atoms. The zero-order chi connectivity index (χ0) is 20.1. The highest BCUT2D eigenvalue weighted by Crippen LogP contribution is 2.59. The number of halogens is 1. The molecule has 0 saturated carbocycles. The van der Waals surface area contributed by atoms with E-state index in [0.717, 1.165) is 10.6 Å². The van der Waals surface area contributed by atoms with Crippen molar-refractivity contribution in [2.45, 2.75) is 5.41 Å². The molecule has 1 nitrogen and oxygen atoms in total. The van der Waals surface area contributed by atoms with Gasteiger partial charge in [-0.1, -0.05) is 90.5 Å². The first-order valence-electron chi connectivity index (χ1n) is 10.1. The maximum absolute atomic E-state index is 6.84. The Balaban J connectivity index is 1.90. The van der Waals surface area contributed by atoms with Gasteiger partial charge < -0.3 is 0 Å². The molecule has 6 rings (SSSR count). The van der Waals surface area contributed by atoms with Gasteiger partial charge >= 0.3 is 0 Å². The largest absolute Gasteiger partial charge is 0.265 e. The van der Waals surface area contributed by atoms with Crippen LogP contribution in [0.25, 0.3) is 21.9 Å². The van der Waals surface area contributed by atoms with Crippen LogP contribution in [0.5, 0.6) is 0 Å². The van der Waals surface area contributed by atoms with E-state index < -0.39 is 5.41 Å². The fraction of sp³-hybridized carbons (Fsp3) is 0.0357. The van der Waals surface area contributed by atoms with Crippen molar-refractivity contribution >= 4 is 22.4 Å². The van der Waals surface area contributed by atoms with Crippen molar-refractivity contribution in [1.29, 1.82) is 0 Å². The van der Waals surface area contributed by atoms with Crippen LogP contribution >= 0.6 is 11.6 Å². The second kappa shape index (κ2) is 6.55. The van der Waals surface area contributed by atoms with Gasteiger partial charge in [0.2, 0.25) is 0 Å². The average molecular weight is 404 g/mol. The quantitative estimate of drug-likeness (QED) is 0.296. The smallest absolute Gasteiger partial charge is 0.0721 e. The van der Waals surface area contributed by atoms with Crippen molar-refractivity contribution in [3.05, 3.63) is 137 Å². The van der Waals surface area contributed by atoms with Gasteiger partial charge in [0.1, 0.15) is 0 Å². The van der Waals surface area contributed by atoms with Crippen LogP contribution in [-0.2, 0) is 5.41 Å². The van der Waals surface area contributed by atoms with Crippen LogP contribution < -0.4 is 0 Å². The molecule has 0 aliphatic heterocycles. The molecule has 1 aromatic heterocycles. The molecule has 1 aliphatic rings. The highest BCUT2D eigenvalue weighted by molar-refractivity contribution is 6.34. The summed E-state index contributed by atoms with van der Waals surface area (Å²) in [4.78, 5) is 4.31. The maximum atomic E-state index is 6.84. The number of rotatable bonds is 2. The molecule has 2 heteroatoms. The van der Waals surface area contributed by atoms with E-state index in [4.69, 9.17) is 11.6 Å². The molecule has 1 aliphatic carbocycles. The standard InChI is InChI=1S/C28H18ClN/c29-25-12-6-11-24-26(25)23-14-13-19-7-4-5-10-22(19)27(23)28(24,20-8-2-1-3-9-20)21-15-17-30-18-16-21/h1-18H. The third-order valence-electron chi connectivity index (χ3n) is 6.31. The second-order valence-electron chi connectivity index (χ2n) is 7.72. The van der Waals surface area contributed by atoms with E-state index in [1.165, 1.54) is 38.6 Å². The molecule has 30 heavy (non-hydrogen) atoms. The van der Waals surface area contributed by atoms with Crippen LogP contribution in [0.3, 0.4) is 0 Å². The number of pyridine rings is 1. The number of hydrogen-bond donors (Lipinski definition) is 0. The summed E-state index contributed by atoms with van der Waals surface area (Å²) in [5.41, 5.74) is 6.81. The van der Waals surface area contributed by atoms with Crippen LogP contribution in [0, 0.1) is 0 Å². The Morgan fingerprint density at radius 2 is 1.37 bits per heavy atom. The Bertz CT molecular complexity index is 1350. The third-order valence-corrected chi connectivity index (χ3v) is 6.63. The minimum atomic E-state index is -0.458. The summed E-state index contributed by atoms with van der Waals surface area (Å²) < 4.78 is 0. The first-order valence-corrected chi connectivity index (χ1v) is 10.5. The lowest BCUT2D eigenvalue weighted by molar-refractivity contribution is 0.773. The van der Waals surface area contributed by atoms with Gasteiger partial charge in [-0.05, 0) is 56.8 Å². The van der Waals surface area contributed by atoms with E-state index >= 15 is 0 Å². The predicted molar refractivity (Wildman–Crippen MR) is 124 cm³/mol. The van der Waals surface area contributed by atoms with E-state index in [1.807, 2.05) is 18.5 Å². The number of aromatic nitrogens is 1. The SMILES string of the molecule is Clc1cccc2c1-c1ccc3ccccc3c1C2(c1ccccc1)c1ccncc1. The molecular formula is C28H18ClN. The van der Waals surface area contributed by atoms with E-state index in [2.05, 4.69) is 96.0 Å². The zero-order valence-corrected chi connectivity index (χ0v) is 17.0. The maximum Gasteiger partial charge on any atom is 0.0721 e. The van der Waals surface area contributed by atoms with E-state index in [0.29, 0.717) is 0 Å². The topological polar surface area (TPSA) is 12.9 Å². The Morgan fingerprint density at radius 3 is 2.20 bits per heavy atom. The lowest BCUT2D eigenvalue weighted by atomic mass is 9.67. The van der Waals surface area contributed by atoms with E-state index in [-0.39, 0.29) is 0 Å². The normalized spacial score (nSPS) is 17.0. The van der Waals surface area contributed by atoms with Gasteiger partial charge in [0.25, 0.3) is 0 Å². The minimum Gasteiger partial charge on any atom is -0.265 e. The highest BCUT2D eigenvalue weighted by Gasteiger charge is 2.47. The van der Waals surface area contributed by atoms with Crippen LogP contribution in [-0.4, -0.2) is 4.98 Å². The third kappa shape index (κ3) is 2.21. The van der Waals surface area contributed by atoms with Gasteiger partial charge in [-0.2, -0.15) is 0 Å². The van der Waals surface area contributed by atoms with Crippen molar-refractivity contribution in [1.82, 2.24) is 4.98 Å². The van der Waals surface area contributed by atoms with Gasteiger partial charge in [0.05, 0.1) is 5.41 Å². The van der Waals surface area contributed by atoms with Crippen molar-refractivity contribution < 1.29 is 0 Å². The fourth-order valence-corrected chi connectivity index (χ4v) is 5.46. The van der Waals surface area contributed by atoms with Crippen molar-refractivity contribution in [3.8, 4) is 11.1 Å².